The second kappa shape index (κ2) is 4.16. The third kappa shape index (κ3) is 2.33. The van der Waals surface area contributed by atoms with Crippen molar-refractivity contribution in [1.82, 2.24) is 0 Å². The predicted octanol–water partition coefficient (Wildman–Crippen LogP) is 5.74. The Labute approximate surface area is 116 Å². The first-order valence-corrected chi connectivity index (χ1v) is 7.10. The molecule has 19 heavy (non-hydrogen) atoms. The molecule has 0 amide bonds. The molecule has 2 nitrogen and oxygen atoms in total. The van der Waals surface area contributed by atoms with E-state index in [9.17, 15) is 0 Å². The number of rotatable bonds is 1. The Balaban J connectivity index is 2.84. The smallest absolute Gasteiger partial charge is 0.230 e. The zero-order valence-corrected chi connectivity index (χ0v) is 13.5. The van der Waals surface area contributed by atoms with Crippen molar-refractivity contribution in [3.05, 3.63) is 22.8 Å². The first-order valence-electron chi connectivity index (χ1n) is 7.10. The summed E-state index contributed by atoms with van der Waals surface area (Å²) in [6, 6.07) is 2.31. The lowest BCUT2D eigenvalue weighted by molar-refractivity contribution is 0.0559. The van der Waals surface area contributed by atoms with Crippen LogP contribution in [0.5, 0.6) is 0 Å². The number of hydrogen-bond donors (Lipinski definition) is 0. The third-order valence-corrected chi connectivity index (χ3v) is 3.65. The van der Waals surface area contributed by atoms with Crippen LogP contribution in [-0.4, -0.2) is 0 Å². The van der Waals surface area contributed by atoms with Crippen molar-refractivity contribution in [2.24, 2.45) is 0 Å². The van der Waals surface area contributed by atoms with Gasteiger partial charge in [0.05, 0.1) is 0 Å². The van der Waals surface area contributed by atoms with Gasteiger partial charge in [-0.2, -0.15) is 0 Å². The van der Waals surface area contributed by atoms with Crippen LogP contribution in [0.4, 0.5) is 0 Å². The Morgan fingerprint density at radius 1 is 0.842 bits per heavy atom. The quantitative estimate of drug-likeness (QED) is 0.612. The summed E-state index contributed by atoms with van der Waals surface area (Å²) in [5, 5.41) is 0. The van der Waals surface area contributed by atoms with E-state index in [-0.39, 0.29) is 10.8 Å². The maximum Gasteiger partial charge on any atom is 0.230 e. The van der Waals surface area contributed by atoms with E-state index < -0.39 is 0 Å². The molecule has 0 atom stereocenters. The highest BCUT2D eigenvalue weighted by Crippen LogP contribution is 2.43. The largest absolute Gasteiger partial charge is 0.285 e. The zero-order valence-electron chi connectivity index (χ0n) is 13.5. The van der Waals surface area contributed by atoms with Gasteiger partial charge >= 0.3 is 0 Å². The summed E-state index contributed by atoms with van der Waals surface area (Å²) < 4.78 is 10.6. The van der Waals surface area contributed by atoms with Crippen molar-refractivity contribution in [2.75, 3.05) is 0 Å². The SMILES string of the molecule is CC(C)c1cc(C(C)(C)C)c(C(C)(C)C)c2ooc12. The lowest BCUT2D eigenvalue weighted by atomic mass is 9.73. The van der Waals surface area contributed by atoms with Crippen molar-refractivity contribution in [1.29, 1.82) is 0 Å². The molecule has 2 heteroatoms. The Kier molecular flexibility index (Phi) is 3.11. The summed E-state index contributed by atoms with van der Waals surface area (Å²) in [5.74, 6) is 0.438. The Morgan fingerprint density at radius 2 is 1.37 bits per heavy atom. The van der Waals surface area contributed by atoms with Gasteiger partial charge in [-0.25, -0.2) is 0 Å². The molecule has 1 aromatic carbocycles. The number of hydrogen-bond acceptors (Lipinski definition) is 2. The molecule has 0 saturated heterocycles. The van der Waals surface area contributed by atoms with Crippen LogP contribution in [0.15, 0.2) is 15.2 Å². The number of fused-ring (bicyclic) bond motifs is 1. The summed E-state index contributed by atoms with van der Waals surface area (Å²) in [7, 11) is 0. The van der Waals surface area contributed by atoms with Crippen molar-refractivity contribution in [3.8, 4) is 0 Å². The first kappa shape index (κ1) is 14.2. The van der Waals surface area contributed by atoms with E-state index in [1.165, 1.54) is 16.7 Å². The summed E-state index contributed by atoms with van der Waals surface area (Å²) in [5.41, 5.74) is 5.93. The summed E-state index contributed by atoms with van der Waals surface area (Å²) >= 11 is 0. The van der Waals surface area contributed by atoms with Crippen LogP contribution in [0.3, 0.4) is 0 Å². The minimum atomic E-state index is 0.0476. The van der Waals surface area contributed by atoms with E-state index in [1.54, 1.807) is 0 Å². The van der Waals surface area contributed by atoms with Gasteiger partial charge in [-0.15, -0.1) is 0 Å². The van der Waals surface area contributed by atoms with Gasteiger partial charge < -0.3 is 0 Å². The van der Waals surface area contributed by atoms with Crippen LogP contribution >= 0.6 is 0 Å². The van der Waals surface area contributed by atoms with Crippen LogP contribution in [0.2, 0.25) is 0 Å². The molecule has 0 unspecified atom stereocenters. The average molecular weight is 262 g/mol. The predicted molar refractivity (Wildman–Crippen MR) is 80.0 cm³/mol. The minimum absolute atomic E-state index is 0.0476. The average Bonchev–Trinajstić information content (AvgIpc) is 2.14. The molecule has 0 saturated carbocycles. The molecule has 0 fully saturated rings. The number of benzene rings is 1. The van der Waals surface area contributed by atoms with Gasteiger partial charge in [0.15, 0.2) is 0 Å². The molecular formula is C17H26O2. The first-order chi connectivity index (χ1) is 8.53. The highest BCUT2D eigenvalue weighted by molar-refractivity contribution is 5.82. The highest BCUT2D eigenvalue weighted by atomic mass is 17.0. The van der Waals surface area contributed by atoms with Gasteiger partial charge in [-0.05, 0) is 22.3 Å². The van der Waals surface area contributed by atoms with Crippen LogP contribution in [0.25, 0.3) is 11.2 Å². The minimum Gasteiger partial charge on any atom is -0.285 e. The molecule has 0 N–H and O–H groups in total. The fourth-order valence-corrected chi connectivity index (χ4v) is 2.64. The Bertz CT molecular complexity index is 583. The fraction of sp³-hybridized carbons (Fsp3) is 0.647. The molecule has 0 aliphatic carbocycles. The topological polar surface area (TPSA) is 26.3 Å². The van der Waals surface area contributed by atoms with E-state index in [2.05, 4.69) is 61.5 Å². The molecule has 106 valence electrons. The van der Waals surface area contributed by atoms with E-state index >= 15 is 0 Å². The Morgan fingerprint density at radius 3 is 1.68 bits per heavy atom. The molecular weight excluding hydrogens is 236 g/mol. The molecule has 0 aliphatic rings. The van der Waals surface area contributed by atoms with E-state index in [4.69, 9.17) is 9.15 Å². The van der Waals surface area contributed by atoms with Gasteiger partial charge in [0.1, 0.15) is 0 Å². The molecule has 2 aromatic rings. The van der Waals surface area contributed by atoms with Gasteiger partial charge in [-0.3, -0.25) is 9.15 Å². The highest BCUT2D eigenvalue weighted by Gasteiger charge is 2.33. The van der Waals surface area contributed by atoms with Crippen LogP contribution in [-0.2, 0) is 10.8 Å². The van der Waals surface area contributed by atoms with Crippen molar-refractivity contribution in [3.63, 3.8) is 0 Å². The summed E-state index contributed by atoms with van der Waals surface area (Å²) in [6.07, 6.45) is 0. The van der Waals surface area contributed by atoms with Crippen LogP contribution < -0.4 is 0 Å². The molecule has 1 aromatic heterocycles. The Hall–Kier alpha value is -1.18. The summed E-state index contributed by atoms with van der Waals surface area (Å²) in [4.78, 5) is 0. The van der Waals surface area contributed by atoms with Crippen molar-refractivity contribution >= 4 is 11.2 Å². The lowest BCUT2D eigenvalue weighted by Gasteiger charge is -2.31. The lowest BCUT2D eigenvalue weighted by Crippen LogP contribution is -2.23. The van der Waals surface area contributed by atoms with Crippen molar-refractivity contribution < 1.29 is 9.15 Å². The second-order valence-electron chi connectivity index (χ2n) is 7.87. The fourth-order valence-electron chi connectivity index (χ4n) is 2.64. The molecule has 0 bridgehead atoms. The molecule has 0 spiro atoms. The van der Waals surface area contributed by atoms with Gasteiger partial charge in [0.25, 0.3) is 0 Å². The monoisotopic (exact) mass is 262 g/mol. The third-order valence-electron chi connectivity index (χ3n) is 3.65. The molecule has 1 heterocycles. The molecule has 0 aliphatic heterocycles. The van der Waals surface area contributed by atoms with Gasteiger partial charge in [0.2, 0.25) is 11.2 Å². The van der Waals surface area contributed by atoms with Crippen molar-refractivity contribution in [2.45, 2.75) is 72.1 Å². The molecule has 0 radical (unpaired) electrons. The zero-order chi connectivity index (χ0) is 14.6. The van der Waals surface area contributed by atoms with Gasteiger partial charge in [0, 0.05) is 11.1 Å². The van der Waals surface area contributed by atoms with Gasteiger partial charge in [-0.1, -0.05) is 61.5 Å². The summed E-state index contributed by atoms with van der Waals surface area (Å²) in [6.45, 7) is 17.9. The second-order valence-corrected chi connectivity index (χ2v) is 7.87. The maximum absolute atomic E-state index is 5.36. The van der Waals surface area contributed by atoms with E-state index in [0.29, 0.717) is 5.92 Å². The molecule has 2 rings (SSSR count). The normalized spacial score (nSPS) is 13.7. The van der Waals surface area contributed by atoms with E-state index in [0.717, 1.165) is 11.2 Å². The van der Waals surface area contributed by atoms with E-state index in [1.807, 2.05) is 0 Å². The maximum atomic E-state index is 5.36. The van der Waals surface area contributed by atoms with Crippen LogP contribution in [0.1, 0.15) is 78.0 Å². The van der Waals surface area contributed by atoms with Crippen LogP contribution in [0, 0.1) is 0 Å². The standard InChI is InChI=1S/C17H26O2/c1-10(2)11-9-12(16(3,4)5)13(17(6,7)8)15-14(11)18-19-15/h9-10H,1-8H3.